The van der Waals surface area contributed by atoms with Gasteiger partial charge in [0.2, 0.25) is 0 Å². The number of hydrogen-bond donors (Lipinski definition) is 0. The van der Waals surface area contributed by atoms with Crippen LogP contribution in [0.1, 0.15) is 73.6 Å². The molecule has 0 radical (unpaired) electrons. The second kappa shape index (κ2) is 6.39. The highest BCUT2D eigenvalue weighted by Gasteiger charge is 2.70. The normalized spacial score (nSPS) is 46.1. The van der Waals surface area contributed by atoms with E-state index >= 15 is 0 Å². The van der Waals surface area contributed by atoms with E-state index in [-0.39, 0.29) is 34.3 Å². The number of rotatable bonds is 2. The zero-order chi connectivity index (χ0) is 21.4. The average molecular weight is 399 g/mol. The van der Waals surface area contributed by atoms with Crippen molar-refractivity contribution in [3.05, 3.63) is 23.3 Å². The number of ketones is 2. The van der Waals surface area contributed by atoms with Crippen molar-refractivity contribution in [1.82, 2.24) is 0 Å². The van der Waals surface area contributed by atoms with E-state index in [1.54, 1.807) is 6.92 Å². The van der Waals surface area contributed by atoms with E-state index < -0.39 is 5.60 Å². The van der Waals surface area contributed by atoms with Gasteiger partial charge in [0, 0.05) is 24.7 Å². The van der Waals surface area contributed by atoms with Gasteiger partial charge < -0.3 is 4.74 Å². The van der Waals surface area contributed by atoms with Crippen LogP contribution in [0.2, 0.25) is 0 Å². The number of allylic oxidation sites excluding steroid dienone is 4. The van der Waals surface area contributed by atoms with Gasteiger partial charge in [0.15, 0.2) is 17.2 Å². The van der Waals surface area contributed by atoms with E-state index in [1.165, 1.54) is 18.1 Å². The third-order valence-corrected chi connectivity index (χ3v) is 9.20. The number of Topliss-reactive ketones (excluding diaryl/α,β-unsaturated/α-hetero) is 1. The highest BCUT2D eigenvalue weighted by Crippen LogP contribution is 2.69. The van der Waals surface area contributed by atoms with Gasteiger partial charge >= 0.3 is 5.97 Å². The number of hydrogen-bond acceptors (Lipinski definition) is 4. The maximum absolute atomic E-state index is 13.0. The van der Waals surface area contributed by atoms with Crippen LogP contribution in [0.5, 0.6) is 0 Å². The Morgan fingerprint density at radius 1 is 1.14 bits per heavy atom. The van der Waals surface area contributed by atoms with Crippen molar-refractivity contribution in [1.29, 1.82) is 0 Å². The van der Waals surface area contributed by atoms with Gasteiger partial charge in [-0.2, -0.15) is 0 Å². The molecule has 0 N–H and O–H groups in total. The summed E-state index contributed by atoms with van der Waals surface area (Å²) in [7, 11) is 0. The molecule has 4 aliphatic rings. The lowest BCUT2D eigenvalue weighted by Crippen LogP contribution is -2.59. The molecular formula is C25H34O4. The first kappa shape index (κ1) is 20.6. The molecule has 2 saturated carbocycles. The largest absolute Gasteiger partial charge is 0.450 e. The van der Waals surface area contributed by atoms with Crippen LogP contribution in [0.3, 0.4) is 0 Å². The van der Waals surface area contributed by atoms with Crippen LogP contribution in [0.15, 0.2) is 23.3 Å². The minimum atomic E-state index is -1.03. The number of ether oxygens (including phenoxy) is 1. The van der Waals surface area contributed by atoms with Crippen LogP contribution in [0, 0.1) is 34.5 Å². The summed E-state index contributed by atoms with van der Waals surface area (Å²) in [4.78, 5) is 37.2. The van der Waals surface area contributed by atoms with Crippen LogP contribution >= 0.6 is 0 Å². The Labute approximate surface area is 174 Å². The molecule has 0 aromatic carbocycles. The van der Waals surface area contributed by atoms with Gasteiger partial charge in [-0.15, -0.1) is 0 Å². The van der Waals surface area contributed by atoms with Gasteiger partial charge in [0.05, 0.1) is 0 Å². The lowest BCUT2D eigenvalue weighted by Gasteiger charge is -2.58. The Hall–Kier alpha value is -1.71. The first-order valence-electron chi connectivity index (χ1n) is 11.1. The van der Waals surface area contributed by atoms with Crippen molar-refractivity contribution >= 4 is 17.5 Å². The molecule has 158 valence electrons. The van der Waals surface area contributed by atoms with Gasteiger partial charge in [0.25, 0.3) is 0 Å². The Kier molecular flexibility index (Phi) is 4.53. The smallest absolute Gasteiger partial charge is 0.303 e. The van der Waals surface area contributed by atoms with E-state index in [1.807, 2.05) is 6.08 Å². The van der Waals surface area contributed by atoms with E-state index in [0.717, 1.165) is 25.7 Å². The quantitative estimate of drug-likeness (QED) is 0.626. The highest BCUT2D eigenvalue weighted by atomic mass is 16.6. The molecule has 4 nitrogen and oxygen atoms in total. The van der Waals surface area contributed by atoms with Crippen LogP contribution in [0.4, 0.5) is 0 Å². The Bertz CT molecular complexity index is 851. The second-order valence-electron chi connectivity index (χ2n) is 10.6. The van der Waals surface area contributed by atoms with Gasteiger partial charge in [-0.25, -0.2) is 0 Å². The van der Waals surface area contributed by atoms with E-state index in [0.29, 0.717) is 24.2 Å². The van der Waals surface area contributed by atoms with Crippen LogP contribution < -0.4 is 0 Å². The molecule has 0 unspecified atom stereocenters. The van der Waals surface area contributed by atoms with Gasteiger partial charge in [-0.05, 0) is 74.3 Å². The molecular weight excluding hydrogens is 364 g/mol. The fourth-order valence-electron chi connectivity index (χ4n) is 8.01. The summed E-state index contributed by atoms with van der Waals surface area (Å²) in [5, 5.41) is 0. The first-order valence-corrected chi connectivity index (χ1v) is 11.1. The molecule has 0 aromatic rings. The predicted molar refractivity (Wildman–Crippen MR) is 111 cm³/mol. The molecule has 0 spiro atoms. The van der Waals surface area contributed by atoms with Crippen molar-refractivity contribution in [2.75, 3.05) is 0 Å². The zero-order valence-corrected chi connectivity index (χ0v) is 18.6. The maximum atomic E-state index is 13.0. The van der Waals surface area contributed by atoms with Gasteiger partial charge in [-0.1, -0.05) is 32.4 Å². The average Bonchev–Trinajstić information content (AvgIpc) is 2.85. The number of carbonyl (C=O) groups is 3. The van der Waals surface area contributed by atoms with Crippen LogP contribution in [-0.2, 0) is 19.1 Å². The highest BCUT2D eigenvalue weighted by molar-refractivity contribution is 5.92. The summed E-state index contributed by atoms with van der Waals surface area (Å²) in [5.74, 6) is 0.975. The Morgan fingerprint density at radius 3 is 2.45 bits per heavy atom. The monoisotopic (exact) mass is 398 g/mol. The van der Waals surface area contributed by atoms with Crippen LogP contribution in [0.25, 0.3) is 0 Å². The molecule has 4 rings (SSSR count). The lowest BCUT2D eigenvalue weighted by atomic mass is 9.47. The fourth-order valence-corrected chi connectivity index (χ4v) is 8.01. The van der Waals surface area contributed by atoms with Crippen molar-refractivity contribution in [2.24, 2.45) is 34.5 Å². The summed E-state index contributed by atoms with van der Waals surface area (Å²) in [6.07, 6.45) is 8.55. The van der Waals surface area contributed by atoms with Crippen molar-refractivity contribution in [2.45, 2.75) is 79.2 Å². The maximum Gasteiger partial charge on any atom is 0.303 e. The molecule has 0 heterocycles. The molecule has 0 amide bonds. The summed E-state index contributed by atoms with van der Waals surface area (Å²) in [6, 6.07) is 0. The topological polar surface area (TPSA) is 60.4 Å². The molecule has 4 heteroatoms. The number of esters is 1. The van der Waals surface area contributed by atoms with Gasteiger partial charge in [-0.3, -0.25) is 14.4 Å². The molecule has 7 atom stereocenters. The van der Waals surface area contributed by atoms with Crippen molar-refractivity contribution in [3.8, 4) is 0 Å². The van der Waals surface area contributed by atoms with E-state index in [9.17, 15) is 14.4 Å². The summed E-state index contributed by atoms with van der Waals surface area (Å²) < 4.78 is 5.93. The molecule has 0 aromatic heterocycles. The molecule has 0 aliphatic heterocycles. The predicted octanol–water partition coefficient (Wildman–Crippen LogP) is 4.82. The first-order chi connectivity index (χ1) is 13.5. The third kappa shape index (κ3) is 2.53. The van der Waals surface area contributed by atoms with Crippen molar-refractivity contribution < 1.29 is 19.1 Å². The summed E-state index contributed by atoms with van der Waals surface area (Å²) in [6.45, 7) is 11.7. The SMILES string of the molecule is CC(=O)O[C@@]1(C(C)=O)[C@H](C)C[C@H]2[C@@H]3C=C(C)C4=CC(=O)CC[C@]4(C)[C@H]3CC[C@@]21C. The fraction of sp³-hybridized carbons (Fsp3) is 0.720. The third-order valence-electron chi connectivity index (χ3n) is 9.20. The van der Waals surface area contributed by atoms with Crippen molar-refractivity contribution in [3.63, 3.8) is 0 Å². The molecule has 29 heavy (non-hydrogen) atoms. The molecule has 0 bridgehead atoms. The Balaban J connectivity index is 1.83. The standard InChI is InChI=1S/C25H34O4/c1-14-11-19-20(23(5)9-7-18(28)13-21(14)23)8-10-24(6)22(19)12-15(2)25(24,16(3)26)29-17(4)27/h11,13,15,19-20,22H,7-10,12H2,1-6H3/t15-,19-,20+,22+,23-,24+,25-/m1/s1. The van der Waals surface area contributed by atoms with Gasteiger partial charge in [0.1, 0.15) is 0 Å². The zero-order valence-electron chi connectivity index (χ0n) is 18.6. The number of carbonyl (C=O) groups excluding carboxylic acids is 3. The summed E-state index contributed by atoms with van der Waals surface area (Å²) >= 11 is 0. The minimum Gasteiger partial charge on any atom is -0.450 e. The second-order valence-corrected chi connectivity index (χ2v) is 10.6. The minimum absolute atomic E-state index is 0.00374. The molecule has 0 saturated heterocycles. The Morgan fingerprint density at radius 2 is 1.83 bits per heavy atom. The lowest BCUT2D eigenvalue weighted by molar-refractivity contribution is -0.190. The summed E-state index contributed by atoms with van der Waals surface area (Å²) in [5.41, 5.74) is 1.07. The molecule has 2 fully saturated rings. The van der Waals surface area contributed by atoms with Crippen LogP contribution in [-0.4, -0.2) is 23.1 Å². The van der Waals surface area contributed by atoms with E-state index in [4.69, 9.17) is 4.74 Å². The molecule has 4 aliphatic carbocycles. The number of fused-ring (bicyclic) bond motifs is 5. The van der Waals surface area contributed by atoms with E-state index in [2.05, 4.69) is 33.8 Å².